The summed E-state index contributed by atoms with van der Waals surface area (Å²) < 4.78 is 11.6. The second kappa shape index (κ2) is 13.0. The molecule has 2 aromatic rings. The fraction of sp³-hybridized carbons (Fsp3) is 0.600. The second-order valence-corrected chi connectivity index (χ2v) is 10.9. The molecule has 0 unspecified atom stereocenters. The fourth-order valence-corrected chi connectivity index (χ4v) is 4.52. The van der Waals surface area contributed by atoms with Crippen molar-refractivity contribution in [2.45, 2.75) is 91.6 Å². The molecule has 0 aliphatic carbocycles. The van der Waals surface area contributed by atoms with E-state index in [1.807, 2.05) is 46.8 Å². The first kappa shape index (κ1) is 30.3. The predicted octanol–water partition coefficient (Wildman–Crippen LogP) is 4.43. The van der Waals surface area contributed by atoms with Gasteiger partial charge in [0.2, 0.25) is 0 Å². The Kier molecular flexibility index (Phi) is 10.9. The van der Waals surface area contributed by atoms with Crippen molar-refractivity contribution in [3.63, 3.8) is 0 Å². The molecule has 0 spiro atoms. The Morgan fingerprint density at radius 1 is 0.833 bits per heavy atom. The first-order valence-electron chi connectivity index (χ1n) is 13.0. The Balaban J connectivity index is 2.29. The monoisotopic (exact) mass is 502 g/mol. The third-order valence-corrected chi connectivity index (χ3v) is 7.48. The summed E-state index contributed by atoms with van der Waals surface area (Å²) in [4.78, 5) is 0. The molecule has 2 aromatic carbocycles. The van der Waals surface area contributed by atoms with Crippen LogP contribution in [-0.2, 0) is 16.8 Å². The van der Waals surface area contributed by atoms with Crippen LogP contribution in [0, 0.1) is 19.3 Å². The van der Waals surface area contributed by atoms with Crippen molar-refractivity contribution in [2.75, 3.05) is 19.8 Å². The molecule has 0 fully saturated rings. The largest absolute Gasteiger partial charge is 0.491 e. The van der Waals surface area contributed by atoms with Crippen LogP contribution < -0.4 is 4.74 Å². The van der Waals surface area contributed by atoms with Crippen molar-refractivity contribution >= 4 is 0 Å². The SMILES string of the molecule is CCC(CC)(c1ccc(CO[C@H](CO)[C@H](O)CO)c(C)c1)c1ccc(OC[C@H](O)C(C)(C)C)c(C)c1. The molecule has 4 N–H and O–H groups in total. The minimum absolute atomic E-state index is 0.168. The molecule has 6 heteroatoms. The molecule has 0 amide bonds. The normalized spacial score (nSPS) is 15.0. The Morgan fingerprint density at radius 2 is 1.42 bits per heavy atom. The maximum atomic E-state index is 10.3. The van der Waals surface area contributed by atoms with Crippen LogP contribution >= 0.6 is 0 Å². The maximum Gasteiger partial charge on any atom is 0.122 e. The smallest absolute Gasteiger partial charge is 0.122 e. The number of aliphatic hydroxyl groups excluding tert-OH is 4. The molecule has 36 heavy (non-hydrogen) atoms. The van der Waals surface area contributed by atoms with E-state index in [2.05, 4.69) is 38.1 Å². The second-order valence-electron chi connectivity index (χ2n) is 10.9. The van der Waals surface area contributed by atoms with Crippen LogP contribution in [0.4, 0.5) is 0 Å². The summed E-state index contributed by atoms with van der Waals surface area (Å²) in [6.45, 7) is 14.2. The van der Waals surface area contributed by atoms with Gasteiger partial charge in [-0.05, 0) is 66.0 Å². The van der Waals surface area contributed by atoms with Gasteiger partial charge in [-0.1, -0.05) is 65.0 Å². The zero-order valence-corrected chi connectivity index (χ0v) is 23.0. The average molecular weight is 503 g/mol. The van der Waals surface area contributed by atoms with Crippen molar-refractivity contribution in [3.8, 4) is 5.75 Å². The van der Waals surface area contributed by atoms with Gasteiger partial charge in [-0.2, -0.15) is 0 Å². The van der Waals surface area contributed by atoms with Crippen LogP contribution in [0.5, 0.6) is 5.75 Å². The van der Waals surface area contributed by atoms with E-state index in [0.29, 0.717) is 0 Å². The third-order valence-electron chi connectivity index (χ3n) is 7.48. The molecule has 0 aromatic heterocycles. The highest BCUT2D eigenvalue weighted by Crippen LogP contribution is 2.41. The van der Waals surface area contributed by atoms with Crippen LogP contribution in [0.25, 0.3) is 0 Å². The molecule has 0 heterocycles. The molecule has 0 aliphatic rings. The molecule has 2 rings (SSSR count). The van der Waals surface area contributed by atoms with E-state index >= 15 is 0 Å². The number of hydrogen-bond donors (Lipinski definition) is 4. The van der Waals surface area contributed by atoms with Gasteiger partial charge in [-0.3, -0.25) is 0 Å². The van der Waals surface area contributed by atoms with E-state index < -0.39 is 24.9 Å². The number of rotatable bonds is 13. The lowest BCUT2D eigenvalue weighted by atomic mass is 9.70. The van der Waals surface area contributed by atoms with Crippen molar-refractivity contribution in [1.29, 1.82) is 0 Å². The van der Waals surface area contributed by atoms with Gasteiger partial charge in [0.05, 0.1) is 25.9 Å². The van der Waals surface area contributed by atoms with E-state index in [1.54, 1.807) is 0 Å². The van der Waals surface area contributed by atoms with E-state index in [-0.39, 0.29) is 30.7 Å². The summed E-state index contributed by atoms with van der Waals surface area (Å²) in [5.41, 5.74) is 5.13. The lowest BCUT2D eigenvalue weighted by molar-refractivity contribution is -0.0861. The Bertz CT molecular complexity index is 960. The van der Waals surface area contributed by atoms with Crippen LogP contribution in [0.15, 0.2) is 36.4 Å². The van der Waals surface area contributed by atoms with Gasteiger partial charge in [0, 0.05) is 5.41 Å². The van der Waals surface area contributed by atoms with E-state index in [9.17, 15) is 15.3 Å². The number of aryl methyl sites for hydroxylation is 2. The van der Waals surface area contributed by atoms with Gasteiger partial charge in [0.15, 0.2) is 0 Å². The minimum atomic E-state index is -1.12. The highest BCUT2D eigenvalue weighted by Gasteiger charge is 2.32. The molecular weight excluding hydrogens is 456 g/mol. The highest BCUT2D eigenvalue weighted by atomic mass is 16.5. The standard InChI is InChI=1S/C30H46O6/c1-8-30(9-2,24-12-13-26(21(4)15-24)36-19-28(34)29(5,6)7)23-11-10-22(20(3)14-23)18-35-27(17-32)25(33)16-31/h10-15,25,27-28,31-34H,8-9,16-19H2,1-7H3/t25-,27-,28+/m1/s1. The Morgan fingerprint density at radius 3 is 1.89 bits per heavy atom. The minimum Gasteiger partial charge on any atom is -0.491 e. The zero-order valence-electron chi connectivity index (χ0n) is 23.0. The van der Waals surface area contributed by atoms with Crippen LogP contribution in [0.3, 0.4) is 0 Å². The molecule has 0 saturated heterocycles. The molecule has 3 atom stereocenters. The first-order chi connectivity index (χ1) is 16.9. The summed E-state index contributed by atoms with van der Waals surface area (Å²) in [7, 11) is 0. The van der Waals surface area contributed by atoms with Crippen molar-refractivity contribution < 1.29 is 29.9 Å². The maximum absolute atomic E-state index is 10.3. The van der Waals surface area contributed by atoms with Gasteiger partial charge in [-0.15, -0.1) is 0 Å². The number of ether oxygens (including phenoxy) is 2. The topological polar surface area (TPSA) is 99.4 Å². The highest BCUT2D eigenvalue weighted by molar-refractivity contribution is 5.47. The summed E-state index contributed by atoms with van der Waals surface area (Å²) in [5, 5.41) is 38.7. The Hall–Kier alpha value is -1.96. The van der Waals surface area contributed by atoms with Gasteiger partial charge in [0.1, 0.15) is 24.6 Å². The lowest BCUT2D eigenvalue weighted by Gasteiger charge is -2.34. The van der Waals surface area contributed by atoms with E-state index in [1.165, 1.54) is 11.1 Å². The fourth-order valence-electron chi connectivity index (χ4n) is 4.52. The van der Waals surface area contributed by atoms with Crippen LogP contribution in [0.2, 0.25) is 0 Å². The lowest BCUT2D eigenvalue weighted by Crippen LogP contribution is -2.35. The van der Waals surface area contributed by atoms with Gasteiger partial charge < -0.3 is 29.9 Å². The van der Waals surface area contributed by atoms with Crippen LogP contribution in [0.1, 0.15) is 75.3 Å². The molecule has 0 bridgehead atoms. The first-order valence-corrected chi connectivity index (χ1v) is 13.0. The van der Waals surface area contributed by atoms with Crippen molar-refractivity contribution in [1.82, 2.24) is 0 Å². The average Bonchev–Trinajstić information content (AvgIpc) is 2.84. The third kappa shape index (κ3) is 7.08. The number of aliphatic hydroxyl groups is 4. The summed E-state index contributed by atoms with van der Waals surface area (Å²) in [6.07, 6.45) is -0.638. The molecule has 0 radical (unpaired) electrons. The van der Waals surface area contributed by atoms with Crippen molar-refractivity contribution in [2.24, 2.45) is 5.41 Å². The van der Waals surface area contributed by atoms with E-state index in [4.69, 9.17) is 14.6 Å². The zero-order chi connectivity index (χ0) is 27.1. The van der Waals surface area contributed by atoms with Gasteiger partial charge >= 0.3 is 0 Å². The number of benzene rings is 2. The van der Waals surface area contributed by atoms with E-state index in [0.717, 1.165) is 35.3 Å². The number of hydrogen-bond acceptors (Lipinski definition) is 6. The quantitative estimate of drug-likeness (QED) is 0.324. The summed E-state index contributed by atoms with van der Waals surface area (Å²) in [6, 6.07) is 12.7. The predicted molar refractivity (Wildman–Crippen MR) is 143 cm³/mol. The molecule has 6 nitrogen and oxygen atoms in total. The van der Waals surface area contributed by atoms with Gasteiger partial charge in [-0.25, -0.2) is 0 Å². The van der Waals surface area contributed by atoms with Gasteiger partial charge in [0.25, 0.3) is 0 Å². The molecular formula is C30H46O6. The molecule has 0 saturated carbocycles. The summed E-state index contributed by atoms with van der Waals surface area (Å²) in [5.74, 6) is 0.787. The molecule has 0 aliphatic heterocycles. The van der Waals surface area contributed by atoms with Crippen molar-refractivity contribution in [3.05, 3.63) is 64.2 Å². The summed E-state index contributed by atoms with van der Waals surface area (Å²) >= 11 is 0. The van der Waals surface area contributed by atoms with Crippen LogP contribution in [-0.4, -0.2) is 58.6 Å². The molecule has 202 valence electrons. The Labute approximate surface area is 216 Å².